The minimum Gasteiger partial charge on any atom is -0.496 e. The number of benzene rings is 1. The molecule has 0 atom stereocenters. The third kappa shape index (κ3) is 2.90. The fourth-order valence-electron chi connectivity index (χ4n) is 2.48. The smallest absolute Gasteiger partial charge is 0.291 e. The van der Waals surface area contributed by atoms with Crippen LogP contribution in [0.25, 0.3) is 0 Å². The van der Waals surface area contributed by atoms with E-state index in [4.69, 9.17) is 4.74 Å². The molecule has 5 nitrogen and oxygen atoms in total. The lowest BCUT2D eigenvalue weighted by molar-refractivity contribution is -0.118. The standard InChI is InChI=1S/C15H15F2N3O2S/c1-8-3-4-9(7-10(8)22-2)15(5-6-15)13(21)18-14-20-19-12(23-14)11(16)17/h3-4,7,11H,5-6H2,1-2H3,(H,18,20,21). The summed E-state index contributed by atoms with van der Waals surface area (Å²) in [6.45, 7) is 1.93. The van der Waals surface area contributed by atoms with Gasteiger partial charge in [0.2, 0.25) is 11.0 Å². The van der Waals surface area contributed by atoms with Crippen LogP contribution in [0, 0.1) is 6.92 Å². The normalized spacial score (nSPS) is 15.5. The summed E-state index contributed by atoms with van der Waals surface area (Å²) >= 11 is 0.690. The zero-order chi connectivity index (χ0) is 16.6. The number of aryl methyl sites for hydroxylation is 1. The van der Waals surface area contributed by atoms with Gasteiger partial charge in [0.15, 0.2) is 5.01 Å². The molecule has 1 aliphatic carbocycles. The maximum absolute atomic E-state index is 12.6. The van der Waals surface area contributed by atoms with E-state index in [0.29, 0.717) is 24.2 Å². The van der Waals surface area contributed by atoms with Crippen molar-refractivity contribution in [2.24, 2.45) is 0 Å². The summed E-state index contributed by atoms with van der Waals surface area (Å²) in [5.74, 6) is 0.470. The summed E-state index contributed by atoms with van der Waals surface area (Å²) in [5.41, 5.74) is 1.20. The first-order valence-electron chi connectivity index (χ1n) is 7.04. The third-order valence-corrected chi connectivity index (χ3v) is 4.84. The van der Waals surface area contributed by atoms with Gasteiger partial charge in [-0.05, 0) is 37.0 Å². The number of amides is 1. The second kappa shape index (κ2) is 5.84. The van der Waals surface area contributed by atoms with Crippen molar-refractivity contribution in [1.82, 2.24) is 10.2 Å². The van der Waals surface area contributed by atoms with Crippen molar-refractivity contribution in [2.45, 2.75) is 31.6 Å². The lowest BCUT2D eigenvalue weighted by atomic mass is 9.94. The minimum atomic E-state index is -2.69. The van der Waals surface area contributed by atoms with Crippen LogP contribution in [-0.4, -0.2) is 23.2 Å². The van der Waals surface area contributed by atoms with E-state index in [1.807, 2.05) is 25.1 Å². The Morgan fingerprint density at radius 3 is 2.70 bits per heavy atom. The monoisotopic (exact) mass is 339 g/mol. The van der Waals surface area contributed by atoms with Crippen molar-refractivity contribution in [3.63, 3.8) is 0 Å². The zero-order valence-electron chi connectivity index (χ0n) is 12.6. The Bertz CT molecular complexity index is 744. The van der Waals surface area contributed by atoms with Gasteiger partial charge in [0.05, 0.1) is 12.5 Å². The summed E-state index contributed by atoms with van der Waals surface area (Å²) in [6.07, 6.45) is -1.29. The summed E-state index contributed by atoms with van der Waals surface area (Å²) in [7, 11) is 1.58. The number of methoxy groups -OCH3 is 1. The van der Waals surface area contributed by atoms with Crippen LogP contribution in [0.4, 0.5) is 13.9 Å². The molecule has 0 bridgehead atoms. The summed E-state index contributed by atoms with van der Waals surface area (Å²) in [4.78, 5) is 12.6. The van der Waals surface area contributed by atoms with Crippen LogP contribution in [0.5, 0.6) is 5.75 Å². The number of hydrogen-bond donors (Lipinski definition) is 1. The molecule has 1 aliphatic rings. The molecule has 0 radical (unpaired) electrons. The molecule has 0 spiro atoms. The highest BCUT2D eigenvalue weighted by Crippen LogP contribution is 2.50. The number of anilines is 1. The molecular weight excluding hydrogens is 324 g/mol. The van der Waals surface area contributed by atoms with Crippen molar-refractivity contribution >= 4 is 22.4 Å². The highest BCUT2D eigenvalue weighted by atomic mass is 32.1. The lowest BCUT2D eigenvalue weighted by Gasteiger charge is -2.16. The number of hydrogen-bond acceptors (Lipinski definition) is 5. The molecule has 0 saturated heterocycles. The molecule has 2 aromatic rings. The fourth-order valence-corrected chi connectivity index (χ4v) is 3.07. The quantitative estimate of drug-likeness (QED) is 0.906. The maximum atomic E-state index is 12.6. The Balaban J connectivity index is 1.81. The van der Waals surface area contributed by atoms with Gasteiger partial charge in [0.25, 0.3) is 6.43 Å². The van der Waals surface area contributed by atoms with Crippen molar-refractivity contribution < 1.29 is 18.3 Å². The van der Waals surface area contributed by atoms with Gasteiger partial charge in [0.1, 0.15) is 5.75 Å². The minimum absolute atomic E-state index is 0.0932. The number of nitrogens with zero attached hydrogens (tertiary/aromatic N) is 2. The number of carbonyl (C=O) groups excluding carboxylic acids is 1. The lowest BCUT2D eigenvalue weighted by Crippen LogP contribution is -2.27. The fraction of sp³-hybridized carbons (Fsp3) is 0.400. The molecular formula is C15H15F2N3O2S. The van der Waals surface area contributed by atoms with Crippen molar-refractivity contribution in [1.29, 1.82) is 0 Å². The highest BCUT2D eigenvalue weighted by molar-refractivity contribution is 7.15. The van der Waals surface area contributed by atoms with Crippen LogP contribution in [0.1, 0.15) is 35.4 Å². The number of nitrogens with one attached hydrogen (secondary N) is 1. The third-order valence-electron chi connectivity index (χ3n) is 3.99. The van der Waals surface area contributed by atoms with Crippen LogP contribution in [0.15, 0.2) is 18.2 Å². The van der Waals surface area contributed by atoms with Gasteiger partial charge in [-0.3, -0.25) is 10.1 Å². The predicted molar refractivity (Wildman–Crippen MR) is 82.1 cm³/mol. The molecule has 0 unspecified atom stereocenters. The number of alkyl halides is 2. The molecule has 122 valence electrons. The van der Waals surface area contributed by atoms with Gasteiger partial charge in [0, 0.05) is 0 Å². The SMILES string of the molecule is COc1cc(C2(C(=O)Nc3nnc(C(F)F)s3)CC2)ccc1C. The topological polar surface area (TPSA) is 64.1 Å². The molecule has 23 heavy (non-hydrogen) atoms. The largest absolute Gasteiger partial charge is 0.496 e. The molecule has 1 amide bonds. The Hall–Kier alpha value is -2.09. The second-order valence-corrected chi connectivity index (χ2v) is 6.48. The Labute approximate surface area is 135 Å². The summed E-state index contributed by atoms with van der Waals surface area (Å²) in [5, 5.41) is 9.25. The predicted octanol–water partition coefficient (Wildman–Crippen LogP) is 3.46. The van der Waals surface area contributed by atoms with E-state index in [0.717, 1.165) is 16.9 Å². The van der Waals surface area contributed by atoms with Gasteiger partial charge in [-0.25, -0.2) is 8.78 Å². The Kier molecular flexibility index (Phi) is 4.01. The summed E-state index contributed by atoms with van der Waals surface area (Å²) < 4.78 is 30.4. The van der Waals surface area contributed by atoms with Crippen LogP contribution < -0.4 is 10.1 Å². The number of carbonyl (C=O) groups is 1. The van der Waals surface area contributed by atoms with Gasteiger partial charge in [-0.2, -0.15) is 0 Å². The van der Waals surface area contributed by atoms with Gasteiger partial charge >= 0.3 is 0 Å². The van der Waals surface area contributed by atoms with Crippen molar-refractivity contribution in [3.8, 4) is 5.75 Å². The highest BCUT2D eigenvalue weighted by Gasteiger charge is 2.51. The number of ether oxygens (including phenoxy) is 1. The zero-order valence-corrected chi connectivity index (χ0v) is 13.4. The van der Waals surface area contributed by atoms with E-state index in [-0.39, 0.29) is 11.0 Å². The van der Waals surface area contributed by atoms with Gasteiger partial charge in [-0.1, -0.05) is 23.5 Å². The molecule has 1 N–H and O–H groups in total. The van der Waals surface area contributed by atoms with Gasteiger partial charge in [-0.15, -0.1) is 10.2 Å². The molecule has 1 aromatic heterocycles. The van der Waals surface area contributed by atoms with Gasteiger partial charge < -0.3 is 4.74 Å². The molecule has 8 heteroatoms. The van der Waals surface area contributed by atoms with Crippen LogP contribution in [0.3, 0.4) is 0 Å². The average Bonchev–Trinajstić information content (AvgIpc) is 3.21. The van der Waals surface area contributed by atoms with E-state index in [9.17, 15) is 13.6 Å². The first-order valence-corrected chi connectivity index (χ1v) is 7.86. The van der Waals surface area contributed by atoms with Crippen molar-refractivity contribution in [3.05, 3.63) is 34.3 Å². The first kappa shape index (κ1) is 15.8. The second-order valence-electron chi connectivity index (χ2n) is 5.47. The average molecular weight is 339 g/mol. The number of aromatic nitrogens is 2. The molecule has 1 aromatic carbocycles. The van der Waals surface area contributed by atoms with E-state index < -0.39 is 16.8 Å². The molecule has 3 rings (SSSR count). The summed E-state index contributed by atoms with van der Waals surface area (Å²) in [6, 6.07) is 5.66. The van der Waals surface area contributed by atoms with E-state index >= 15 is 0 Å². The maximum Gasteiger partial charge on any atom is 0.291 e. The first-order chi connectivity index (χ1) is 11.0. The molecule has 1 saturated carbocycles. The van der Waals surface area contributed by atoms with E-state index in [1.165, 1.54) is 0 Å². The van der Waals surface area contributed by atoms with Crippen molar-refractivity contribution in [2.75, 3.05) is 12.4 Å². The van der Waals surface area contributed by atoms with Crippen LogP contribution in [-0.2, 0) is 10.2 Å². The Morgan fingerprint density at radius 2 is 2.13 bits per heavy atom. The van der Waals surface area contributed by atoms with Crippen LogP contribution in [0.2, 0.25) is 0 Å². The molecule has 1 heterocycles. The van der Waals surface area contributed by atoms with E-state index in [2.05, 4.69) is 15.5 Å². The Morgan fingerprint density at radius 1 is 1.39 bits per heavy atom. The number of halogens is 2. The van der Waals surface area contributed by atoms with Crippen LogP contribution >= 0.6 is 11.3 Å². The molecule has 1 fully saturated rings. The van der Waals surface area contributed by atoms with E-state index in [1.54, 1.807) is 7.11 Å². The number of rotatable bonds is 5. The molecule has 0 aliphatic heterocycles.